The van der Waals surface area contributed by atoms with Crippen molar-refractivity contribution in [2.24, 2.45) is 0 Å². The van der Waals surface area contributed by atoms with Crippen molar-refractivity contribution in [2.45, 2.75) is 49.7 Å². The van der Waals surface area contributed by atoms with Crippen LogP contribution in [0.15, 0.2) is 24.3 Å². The molecule has 0 bridgehead atoms. The van der Waals surface area contributed by atoms with Gasteiger partial charge in [0.1, 0.15) is 11.2 Å². The van der Waals surface area contributed by atoms with Crippen molar-refractivity contribution in [2.75, 3.05) is 11.5 Å². The predicted molar refractivity (Wildman–Crippen MR) is 92.9 cm³/mol. The van der Waals surface area contributed by atoms with Crippen LogP contribution in [-0.4, -0.2) is 20.2 Å². The van der Waals surface area contributed by atoms with E-state index in [0.717, 1.165) is 12.8 Å². The first-order valence-electron chi connectivity index (χ1n) is 8.56. The summed E-state index contributed by atoms with van der Waals surface area (Å²) in [7, 11) is 0. The van der Waals surface area contributed by atoms with Crippen molar-refractivity contribution in [3.8, 4) is 11.8 Å². The van der Waals surface area contributed by atoms with Crippen LogP contribution in [0.5, 0.6) is 11.8 Å². The molecule has 7 heteroatoms. The van der Waals surface area contributed by atoms with Gasteiger partial charge < -0.3 is 26.4 Å². The molecular formula is C18H22N4O3. The Kier molecular flexibility index (Phi) is 3.59. The van der Waals surface area contributed by atoms with E-state index in [1.54, 1.807) is 24.3 Å². The van der Waals surface area contributed by atoms with Gasteiger partial charge in [0.05, 0.1) is 22.8 Å². The molecule has 0 atom stereocenters. The molecule has 6 N–H and O–H groups in total. The van der Waals surface area contributed by atoms with Crippen LogP contribution in [0.4, 0.5) is 11.4 Å². The summed E-state index contributed by atoms with van der Waals surface area (Å²) in [5, 5.41) is 21.0. The zero-order valence-electron chi connectivity index (χ0n) is 13.9. The zero-order chi connectivity index (χ0) is 17.7. The van der Waals surface area contributed by atoms with Crippen molar-refractivity contribution in [3.05, 3.63) is 35.7 Å². The standard InChI is InChI=1S/C18H22N4O3/c19-11-3-5-13(21-15(11)17(23)7-1-8-17)25-14-6-4-12(20)16(22-14)18(24)9-2-10-18/h3-6,23-24H,1-2,7-10,19-20H2. The van der Waals surface area contributed by atoms with Crippen LogP contribution in [0.3, 0.4) is 0 Å². The molecule has 0 unspecified atom stereocenters. The molecule has 0 saturated heterocycles. The Morgan fingerprint density at radius 2 is 1.16 bits per heavy atom. The second kappa shape index (κ2) is 5.57. The lowest BCUT2D eigenvalue weighted by molar-refractivity contribution is -0.0423. The maximum absolute atomic E-state index is 10.5. The van der Waals surface area contributed by atoms with Gasteiger partial charge >= 0.3 is 0 Å². The van der Waals surface area contributed by atoms with Gasteiger partial charge in [0.25, 0.3) is 0 Å². The molecule has 2 saturated carbocycles. The number of nitrogens with zero attached hydrogens (tertiary/aromatic N) is 2. The van der Waals surface area contributed by atoms with Gasteiger partial charge in [-0.25, -0.2) is 9.97 Å². The van der Waals surface area contributed by atoms with Gasteiger partial charge in [-0.15, -0.1) is 0 Å². The van der Waals surface area contributed by atoms with Gasteiger partial charge in [-0.3, -0.25) is 0 Å². The van der Waals surface area contributed by atoms with Crippen molar-refractivity contribution in [3.63, 3.8) is 0 Å². The quantitative estimate of drug-likeness (QED) is 0.670. The minimum Gasteiger partial charge on any atom is -0.421 e. The maximum atomic E-state index is 10.5. The Balaban J connectivity index is 1.62. The Morgan fingerprint density at radius 3 is 1.48 bits per heavy atom. The third kappa shape index (κ3) is 2.69. The number of nitrogens with two attached hydrogens (primary N) is 2. The molecule has 2 aromatic heterocycles. The third-order valence-corrected chi connectivity index (χ3v) is 5.25. The van der Waals surface area contributed by atoms with Crippen LogP contribution in [0.2, 0.25) is 0 Å². The van der Waals surface area contributed by atoms with E-state index in [2.05, 4.69) is 9.97 Å². The summed E-state index contributed by atoms with van der Waals surface area (Å²) in [6.45, 7) is 0. The molecule has 132 valence electrons. The largest absolute Gasteiger partial charge is 0.421 e. The fourth-order valence-corrected chi connectivity index (χ4v) is 3.37. The number of rotatable bonds is 4. The van der Waals surface area contributed by atoms with E-state index in [9.17, 15) is 10.2 Å². The molecular weight excluding hydrogens is 320 g/mol. The zero-order valence-corrected chi connectivity index (χ0v) is 13.9. The van der Waals surface area contributed by atoms with Crippen LogP contribution < -0.4 is 16.2 Å². The molecule has 2 aliphatic rings. The van der Waals surface area contributed by atoms with Gasteiger partial charge in [0.15, 0.2) is 0 Å². The molecule has 2 heterocycles. The first kappa shape index (κ1) is 16.1. The Morgan fingerprint density at radius 1 is 0.760 bits per heavy atom. The monoisotopic (exact) mass is 342 g/mol. The van der Waals surface area contributed by atoms with Crippen LogP contribution in [0.25, 0.3) is 0 Å². The van der Waals surface area contributed by atoms with Crippen LogP contribution >= 0.6 is 0 Å². The molecule has 4 rings (SSSR count). The number of ether oxygens (including phenoxy) is 1. The first-order valence-corrected chi connectivity index (χ1v) is 8.56. The molecule has 2 aromatic rings. The number of aliphatic hydroxyl groups is 2. The van der Waals surface area contributed by atoms with Gasteiger partial charge in [0.2, 0.25) is 11.8 Å². The number of nitrogen functional groups attached to an aromatic ring is 2. The van der Waals surface area contributed by atoms with E-state index < -0.39 is 11.2 Å². The maximum Gasteiger partial charge on any atom is 0.221 e. The molecule has 0 radical (unpaired) electrons. The number of aromatic nitrogens is 2. The van der Waals surface area contributed by atoms with Crippen LogP contribution in [0, 0.1) is 0 Å². The SMILES string of the molecule is Nc1ccc(Oc2ccc(N)c(C3(O)CCC3)n2)nc1C1(O)CCC1. The average Bonchev–Trinajstić information content (AvgIpc) is 2.54. The number of pyridine rings is 2. The summed E-state index contributed by atoms with van der Waals surface area (Å²) in [6, 6.07) is 6.62. The van der Waals surface area contributed by atoms with Gasteiger partial charge in [-0.2, -0.15) is 0 Å². The molecule has 7 nitrogen and oxygen atoms in total. The van der Waals surface area contributed by atoms with E-state index in [1.807, 2.05) is 0 Å². The Labute approximate surface area is 145 Å². The van der Waals surface area contributed by atoms with E-state index in [-0.39, 0.29) is 0 Å². The van der Waals surface area contributed by atoms with Crippen molar-refractivity contribution in [1.82, 2.24) is 9.97 Å². The van der Waals surface area contributed by atoms with Crippen LogP contribution in [0.1, 0.15) is 49.9 Å². The summed E-state index contributed by atoms with van der Waals surface area (Å²) in [4.78, 5) is 8.76. The van der Waals surface area contributed by atoms with Crippen molar-refractivity contribution in [1.29, 1.82) is 0 Å². The van der Waals surface area contributed by atoms with Gasteiger partial charge in [-0.1, -0.05) is 0 Å². The summed E-state index contributed by atoms with van der Waals surface area (Å²) in [6.07, 6.45) is 4.47. The van der Waals surface area contributed by atoms with E-state index in [4.69, 9.17) is 16.2 Å². The fourth-order valence-electron chi connectivity index (χ4n) is 3.37. The van der Waals surface area contributed by atoms with E-state index in [0.29, 0.717) is 60.2 Å². The molecule has 0 amide bonds. The summed E-state index contributed by atoms with van der Waals surface area (Å²) in [5.74, 6) is 0.599. The fraction of sp³-hybridized carbons (Fsp3) is 0.444. The van der Waals surface area contributed by atoms with Crippen LogP contribution in [-0.2, 0) is 11.2 Å². The average molecular weight is 342 g/mol. The number of hydrogen-bond donors (Lipinski definition) is 4. The van der Waals surface area contributed by atoms with Gasteiger partial charge in [-0.05, 0) is 50.7 Å². The summed E-state index contributed by atoms with van der Waals surface area (Å²) >= 11 is 0. The highest BCUT2D eigenvalue weighted by Gasteiger charge is 2.40. The normalized spacial score (nSPS) is 20.4. The predicted octanol–water partition coefficient (Wildman–Crippen LogP) is 2.18. The second-order valence-corrected chi connectivity index (χ2v) is 7.05. The molecule has 2 fully saturated rings. The highest BCUT2D eigenvalue weighted by molar-refractivity contribution is 5.50. The summed E-state index contributed by atoms with van der Waals surface area (Å²) in [5.41, 5.74) is 11.8. The lowest BCUT2D eigenvalue weighted by Crippen LogP contribution is -2.35. The highest BCUT2D eigenvalue weighted by atomic mass is 16.5. The molecule has 25 heavy (non-hydrogen) atoms. The molecule has 0 aromatic carbocycles. The molecule has 2 aliphatic carbocycles. The smallest absolute Gasteiger partial charge is 0.221 e. The Bertz CT molecular complexity index is 748. The first-order chi connectivity index (χ1) is 11.9. The van der Waals surface area contributed by atoms with Crippen molar-refractivity contribution >= 4 is 11.4 Å². The highest BCUT2D eigenvalue weighted by Crippen LogP contribution is 2.44. The summed E-state index contributed by atoms with van der Waals surface area (Å²) < 4.78 is 5.74. The lowest BCUT2D eigenvalue weighted by Gasteiger charge is -2.37. The topological polar surface area (TPSA) is 128 Å². The second-order valence-electron chi connectivity index (χ2n) is 7.05. The molecule has 0 aliphatic heterocycles. The Hall–Kier alpha value is -2.38. The number of anilines is 2. The van der Waals surface area contributed by atoms with E-state index in [1.165, 1.54) is 0 Å². The number of hydrogen-bond acceptors (Lipinski definition) is 7. The minimum atomic E-state index is -0.968. The third-order valence-electron chi connectivity index (χ3n) is 5.25. The minimum absolute atomic E-state index is 0.299. The molecule has 0 spiro atoms. The lowest BCUT2D eigenvalue weighted by atomic mass is 9.77. The van der Waals surface area contributed by atoms with Crippen molar-refractivity contribution < 1.29 is 14.9 Å². The van der Waals surface area contributed by atoms with E-state index >= 15 is 0 Å². The van der Waals surface area contributed by atoms with Gasteiger partial charge in [0, 0.05) is 12.1 Å².